The van der Waals surface area contributed by atoms with Crippen LogP contribution in [0.15, 0.2) is 48.5 Å². The first-order valence-electron chi connectivity index (χ1n) is 8.55. The fourth-order valence-electron chi connectivity index (χ4n) is 2.73. The Morgan fingerprint density at radius 1 is 1.19 bits per heavy atom. The third-order valence-electron chi connectivity index (χ3n) is 4.08. The fourth-order valence-corrected chi connectivity index (χ4v) is 2.73. The number of nitrogens with zero attached hydrogens (tertiary/aromatic N) is 2. The molecule has 0 saturated heterocycles. The zero-order chi connectivity index (χ0) is 18.4. The van der Waals surface area contributed by atoms with E-state index < -0.39 is 0 Å². The summed E-state index contributed by atoms with van der Waals surface area (Å²) < 4.78 is 10.6. The van der Waals surface area contributed by atoms with Crippen LogP contribution in [0.4, 0.5) is 0 Å². The van der Waals surface area contributed by atoms with Crippen molar-refractivity contribution in [3.63, 3.8) is 0 Å². The number of carbonyl (C=O) groups excluding carboxylic acids is 1. The minimum Gasteiger partial charge on any atom is -0.454 e. The summed E-state index contributed by atoms with van der Waals surface area (Å²) in [5, 5.41) is 8.88. The van der Waals surface area contributed by atoms with Gasteiger partial charge in [-0.3, -0.25) is 4.79 Å². The van der Waals surface area contributed by atoms with Gasteiger partial charge in [0.2, 0.25) is 12.7 Å². The van der Waals surface area contributed by atoms with Crippen molar-refractivity contribution >= 4 is 12.0 Å². The van der Waals surface area contributed by atoms with E-state index in [-0.39, 0.29) is 12.7 Å². The van der Waals surface area contributed by atoms with Gasteiger partial charge < -0.3 is 14.4 Å². The first kappa shape index (κ1) is 17.6. The summed E-state index contributed by atoms with van der Waals surface area (Å²) in [6.45, 7) is 3.46. The SMILES string of the molecule is CCCN(Cc1ccc(C#N)cc1)C(=O)/C=C/c1ccc2c(c1)OCO2. The molecule has 0 spiro atoms. The van der Waals surface area contributed by atoms with Crippen molar-refractivity contribution in [2.75, 3.05) is 13.3 Å². The van der Waals surface area contributed by atoms with Crippen LogP contribution < -0.4 is 9.47 Å². The van der Waals surface area contributed by atoms with Crippen LogP contribution in [-0.4, -0.2) is 24.1 Å². The molecule has 2 aromatic rings. The Kier molecular flexibility index (Phi) is 5.55. The lowest BCUT2D eigenvalue weighted by Crippen LogP contribution is -2.29. The van der Waals surface area contributed by atoms with Crippen LogP contribution >= 0.6 is 0 Å². The van der Waals surface area contributed by atoms with Gasteiger partial charge in [0, 0.05) is 19.2 Å². The van der Waals surface area contributed by atoms with Gasteiger partial charge in [-0.05, 0) is 47.9 Å². The summed E-state index contributed by atoms with van der Waals surface area (Å²) in [6, 6.07) is 15.0. The largest absolute Gasteiger partial charge is 0.454 e. The lowest BCUT2D eigenvalue weighted by atomic mass is 10.1. The Bertz CT molecular complexity index is 851. The smallest absolute Gasteiger partial charge is 0.246 e. The maximum atomic E-state index is 12.6. The van der Waals surface area contributed by atoms with Crippen LogP contribution in [0.5, 0.6) is 11.5 Å². The van der Waals surface area contributed by atoms with Crippen molar-refractivity contribution in [1.82, 2.24) is 4.90 Å². The van der Waals surface area contributed by atoms with Crippen LogP contribution in [-0.2, 0) is 11.3 Å². The molecular weight excluding hydrogens is 328 g/mol. The van der Waals surface area contributed by atoms with Crippen molar-refractivity contribution in [3.8, 4) is 17.6 Å². The van der Waals surface area contributed by atoms with E-state index in [0.717, 1.165) is 23.3 Å². The second-order valence-corrected chi connectivity index (χ2v) is 6.01. The number of fused-ring (bicyclic) bond motifs is 1. The van der Waals surface area contributed by atoms with E-state index in [9.17, 15) is 4.79 Å². The molecule has 0 atom stereocenters. The van der Waals surface area contributed by atoms with Crippen LogP contribution in [0, 0.1) is 11.3 Å². The highest BCUT2D eigenvalue weighted by Gasteiger charge is 2.13. The molecule has 0 fully saturated rings. The van der Waals surface area contributed by atoms with Gasteiger partial charge in [0.1, 0.15) is 0 Å². The minimum absolute atomic E-state index is 0.0473. The lowest BCUT2D eigenvalue weighted by molar-refractivity contribution is -0.126. The van der Waals surface area contributed by atoms with E-state index in [0.29, 0.717) is 24.4 Å². The van der Waals surface area contributed by atoms with Crippen molar-refractivity contribution < 1.29 is 14.3 Å². The quantitative estimate of drug-likeness (QED) is 0.746. The number of hydrogen-bond acceptors (Lipinski definition) is 4. The predicted molar refractivity (Wildman–Crippen MR) is 98.5 cm³/mol. The highest BCUT2D eigenvalue weighted by atomic mass is 16.7. The summed E-state index contributed by atoms with van der Waals surface area (Å²) in [4.78, 5) is 14.4. The molecule has 0 bridgehead atoms. The predicted octanol–water partition coefficient (Wildman–Crippen LogP) is 3.74. The first-order valence-corrected chi connectivity index (χ1v) is 8.55. The van der Waals surface area contributed by atoms with Gasteiger partial charge >= 0.3 is 0 Å². The van der Waals surface area contributed by atoms with Gasteiger partial charge in [0.05, 0.1) is 11.6 Å². The molecule has 26 heavy (non-hydrogen) atoms. The number of carbonyl (C=O) groups is 1. The molecule has 0 aromatic heterocycles. The molecule has 3 rings (SSSR count). The van der Waals surface area contributed by atoms with E-state index in [4.69, 9.17) is 14.7 Å². The normalized spacial score (nSPS) is 12.2. The summed E-state index contributed by atoms with van der Waals surface area (Å²) in [5.41, 5.74) is 2.50. The molecule has 0 radical (unpaired) electrons. The zero-order valence-corrected chi connectivity index (χ0v) is 14.6. The second-order valence-electron chi connectivity index (χ2n) is 6.01. The Labute approximate surface area is 153 Å². The van der Waals surface area contributed by atoms with E-state index in [2.05, 4.69) is 6.07 Å². The van der Waals surface area contributed by atoms with Gasteiger partial charge in [-0.1, -0.05) is 25.1 Å². The van der Waals surface area contributed by atoms with Crippen molar-refractivity contribution in [2.45, 2.75) is 19.9 Å². The number of benzene rings is 2. The van der Waals surface area contributed by atoms with Crippen LogP contribution in [0.25, 0.3) is 6.08 Å². The molecule has 1 aliphatic rings. The maximum Gasteiger partial charge on any atom is 0.246 e. The van der Waals surface area contributed by atoms with Crippen molar-refractivity contribution in [3.05, 3.63) is 65.2 Å². The molecule has 0 N–H and O–H groups in total. The summed E-state index contributed by atoms with van der Waals surface area (Å²) in [6.07, 6.45) is 4.24. The molecule has 2 aromatic carbocycles. The Morgan fingerprint density at radius 3 is 2.69 bits per heavy atom. The number of hydrogen-bond donors (Lipinski definition) is 0. The number of amides is 1. The average molecular weight is 348 g/mol. The van der Waals surface area contributed by atoms with Crippen LogP contribution in [0.2, 0.25) is 0 Å². The van der Waals surface area contributed by atoms with Gasteiger partial charge in [-0.15, -0.1) is 0 Å². The first-order chi connectivity index (χ1) is 12.7. The average Bonchev–Trinajstić information content (AvgIpc) is 3.14. The summed E-state index contributed by atoms with van der Waals surface area (Å²) in [7, 11) is 0. The molecule has 1 amide bonds. The van der Waals surface area contributed by atoms with Gasteiger partial charge in [0.15, 0.2) is 11.5 Å². The van der Waals surface area contributed by atoms with Gasteiger partial charge in [-0.2, -0.15) is 5.26 Å². The molecular formula is C21H20N2O3. The van der Waals surface area contributed by atoms with E-state index in [1.165, 1.54) is 0 Å². The summed E-state index contributed by atoms with van der Waals surface area (Å²) in [5.74, 6) is 1.37. The Balaban J connectivity index is 1.68. The molecule has 1 heterocycles. The number of nitriles is 1. The van der Waals surface area contributed by atoms with Crippen molar-refractivity contribution in [1.29, 1.82) is 5.26 Å². The third-order valence-corrected chi connectivity index (χ3v) is 4.08. The molecule has 132 valence electrons. The molecule has 5 heteroatoms. The Morgan fingerprint density at radius 2 is 1.96 bits per heavy atom. The molecule has 5 nitrogen and oxygen atoms in total. The second kappa shape index (κ2) is 8.21. The number of ether oxygens (including phenoxy) is 2. The molecule has 1 aliphatic heterocycles. The van der Waals surface area contributed by atoms with Crippen molar-refractivity contribution in [2.24, 2.45) is 0 Å². The van der Waals surface area contributed by atoms with Gasteiger partial charge in [-0.25, -0.2) is 0 Å². The maximum absolute atomic E-state index is 12.6. The zero-order valence-electron chi connectivity index (χ0n) is 14.6. The standard InChI is InChI=1S/C21H20N2O3/c1-2-11-23(14-18-5-3-17(13-22)4-6-18)21(24)10-8-16-7-9-19-20(12-16)26-15-25-19/h3-10,12H,2,11,14-15H2,1H3/b10-8+. The van der Waals surface area contributed by atoms with E-state index in [1.807, 2.05) is 37.3 Å². The monoisotopic (exact) mass is 348 g/mol. The van der Waals surface area contributed by atoms with Crippen LogP contribution in [0.1, 0.15) is 30.0 Å². The highest BCUT2D eigenvalue weighted by Crippen LogP contribution is 2.32. The third kappa shape index (κ3) is 4.22. The van der Waals surface area contributed by atoms with Gasteiger partial charge in [0.25, 0.3) is 0 Å². The summed E-state index contributed by atoms with van der Waals surface area (Å²) >= 11 is 0. The van der Waals surface area contributed by atoms with E-state index in [1.54, 1.807) is 29.2 Å². The van der Waals surface area contributed by atoms with E-state index >= 15 is 0 Å². The highest BCUT2D eigenvalue weighted by molar-refractivity contribution is 5.91. The fraction of sp³-hybridized carbons (Fsp3) is 0.238. The topological polar surface area (TPSA) is 62.6 Å². The lowest BCUT2D eigenvalue weighted by Gasteiger charge is -2.20. The molecule has 0 unspecified atom stereocenters. The van der Waals surface area contributed by atoms with Crippen LogP contribution in [0.3, 0.4) is 0 Å². The molecule has 0 saturated carbocycles. The number of rotatable bonds is 6. The molecule has 0 aliphatic carbocycles. The minimum atomic E-state index is -0.0473. The Hall–Kier alpha value is -3.26.